The molecular weight excluding hydrogens is 376 g/mol. The molecular formula is C26H26O4. The van der Waals surface area contributed by atoms with Gasteiger partial charge in [-0.25, -0.2) is 4.79 Å². The largest absolute Gasteiger partial charge is 0.504 e. The lowest BCUT2D eigenvalue weighted by molar-refractivity contribution is -0.130. The topological polar surface area (TPSA) is 66.8 Å². The number of aliphatic carboxylic acids is 1. The average Bonchev–Trinajstić information content (AvgIpc) is 3.25. The predicted octanol–water partition coefficient (Wildman–Crippen LogP) is 5.95. The summed E-state index contributed by atoms with van der Waals surface area (Å²) < 4.78 is 6.16. The second-order valence-corrected chi connectivity index (χ2v) is 7.80. The van der Waals surface area contributed by atoms with Gasteiger partial charge < -0.3 is 14.9 Å². The molecule has 154 valence electrons. The van der Waals surface area contributed by atoms with Gasteiger partial charge in [-0.2, -0.15) is 0 Å². The molecule has 0 aromatic heterocycles. The van der Waals surface area contributed by atoms with Crippen LogP contribution in [0.4, 0.5) is 0 Å². The van der Waals surface area contributed by atoms with Gasteiger partial charge in [0.25, 0.3) is 0 Å². The third kappa shape index (κ3) is 3.90. The van der Waals surface area contributed by atoms with Gasteiger partial charge in [-0.05, 0) is 61.6 Å². The fraction of sp³-hybridized carbons (Fsp3) is 0.269. The zero-order chi connectivity index (χ0) is 21.1. The van der Waals surface area contributed by atoms with Crippen LogP contribution in [0.3, 0.4) is 0 Å². The Labute approximate surface area is 176 Å². The van der Waals surface area contributed by atoms with Crippen LogP contribution in [0.15, 0.2) is 60.7 Å². The van der Waals surface area contributed by atoms with Gasteiger partial charge in [0, 0.05) is 10.9 Å². The van der Waals surface area contributed by atoms with Crippen molar-refractivity contribution in [1.29, 1.82) is 0 Å². The summed E-state index contributed by atoms with van der Waals surface area (Å²) in [7, 11) is 0. The summed E-state index contributed by atoms with van der Waals surface area (Å²) in [6, 6.07) is 17.5. The molecule has 1 aliphatic rings. The minimum absolute atomic E-state index is 0.0568. The Kier molecular flexibility index (Phi) is 5.75. The zero-order valence-electron chi connectivity index (χ0n) is 17.1. The first-order valence-electron chi connectivity index (χ1n) is 10.5. The van der Waals surface area contributed by atoms with Crippen LogP contribution in [0, 0.1) is 0 Å². The molecule has 4 rings (SSSR count). The summed E-state index contributed by atoms with van der Waals surface area (Å²) in [5.41, 5.74) is 2.83. The molecule has 0 amide bonds. The minimum Gasteiger partial charge on any atom is -0.504 e. The highest BCUT2D eigenvalue weighted by Crippen LogP contribution is 2.43. The quantitative estimate of drug-likeness (QED) is 0.500. The third-order valence-corrected chi connectivity index (χ3v) is 5.83. The van der Waals surface area contributed by atoms with Crippen LogP contribution in [0.5, 0.6) is 11.5 Å². The van der Waals surface area contributed by atoms with Crippen molar-refractivity contribution in [3.63, 3.8) is 0 Å². The van der Waals surface area contributed by atoms with E-state index in [0.717, 1.165) is 42.2 Å². The molecule has 1 saturated carbocycles. The van der Waals surface area contributed by atoms with Crippen molar-refractivity contribution >= 4 is 22.3 Å². The lowest BCUT2D eigenvalue weighted by Crippen LogP contribution is -2.12. The molecule has 30 heavy (non-hydrogen) atoms. The van der Waals surface area contributed by atoms with Crippen molar-refractivity contribution in [3.8, 4) is 11.5 Å². The number of carboxylic acid groups (broad SMARTS) is 1. The first-order valence-corrected chi connectivity index (χ1v) is 10.5. The van der Waals surface area contributed by atoms with Crippen LogP contribution in [-0.2, 0) is 11.2 Å². The van der Waals surface area contributed by atoms with E-state index >= 15 is 0 Å². The van der Waals surface area contributed by atoms with Crippen LogP contribution in [0.2, 0.25) is 0 Å². The Morgan fingerprint density at radius 2 is 1.83 bits per heavy atom. The van der Waals surface area contributed by atoms with E-state index in [2.05, 4.69) is 0 Å². The highest BCUT2D eigenvalue weighted by atomic mass is 16.5. The molecule has 4 nitrogen and oxygen atoms in total. The second-order valence-electron chi connectivity index (χ2n) is 7.80. The van der Waals surface area contributed by atoms with Crippen molar-refractivity contribution in [3.05, 3.63) is 77.4 Å². The monoisotopic (exact) mass is 402 g/mol. The van der Waals surface area contributed by atoms with Gasteiger partial charge in [0.1, 0.15) is 0 Å². The standard InChI is InChI=1S/C26H26O4/c1-2-20(26(28)29)22-16-23(30-19-12-6-7-13-19)25(27)24-18(11-8-14-21(22)24)15-17-9-4-3-5-10-17/h2-5,8-11,14,16,19,27H,6-7,12-13,15H2,1H3,(H,28,29)/b20-2-. The third-order valence-electron chi connectivity index (χ3n) is 5.83. The van der Waals surface area contributed by atoms with Crippen molar-refractivity contribution in [2.45, 2.75) is 45.1 Å². The number of fused-ring (bicyclic) bond motifs is 1. The van der Waals surface area contributed by atoms with Crippen LogP contribution in [0.25, 0.3) is 16.3 Å². The summed E-state index contributed by atoms with van der Waals surface area (Å²) >= 11 is 0. The molecule has 1 aliphatic carbocycles. The summed E-state index contributed by atoms with van der Waals surface area (Å²) in [6.45, 7) is 1.72. The first-order chi connectivity index (χ1) is 14.6. The van der Waals surface area contributed by atoms with Gasteiger partial charge in [0.2, 0.25) is 0 Å². The normalized spacial score (nSPS) is 14.9. The van der Waals surface area contributed by atoms with E-state index in [1.165, 1.54) is 0 Å². The van der Waals surface area contributed by atoms with E-state index in [4.69, 9.17) is 4.74 Å². The summed E-state index contributed by atoms with van der Waals surface area (Å²) in [6.07, 6.45) is 6.41. The molecule has 0 saturated heterocycles. The van der Waals surface area contributed by atoms with E-state index in [9.17, 15) is 15.0 Å². The van der Waals surface area contributed by atoms with Crippen molar-refractivity contribution in [1.82, 2.24) is 0 Å². The van der Waals surface area contributed by atoms with Crippen molar-refractivity contribution < 1.29 is 19.7 Å². The number of phenols is 1. The van der Waals surface area contributed by atoms with E-state index in [-0.39, 0.29) is 17.4 Å². The minimum atomic E-state index is -0.996. The molecule has 0 aliphatic heterocycles. The molecule has 0 spiro atoms. The van der Waals surface area contributed by atoms with Crippen LogP contribution >= 0.6 is 0 Å². The Morgan fingerprint density at radius 1 is 1.10 bits per heavy atom. The Morgan fingerprint density at radius 3 is 2.50 bits per heavy atom. The zero-order valence-corrected chi connectivity index (χ0v) is 17.1. The lowest BCUT2D eigenvalue weighted by Gasteiger charge is -2.19. The van der Waals surface area contributed by atoms with Crippen LogP contribution in [-0.4, -0.2) is 22.3 Å². The molecule has 0 atom stereocenters. The number of allylic oxidation sites excluding steroid dienone is 1. The Balaban J connectivity index is 1.92. The average molecular weight is 402 g/mol. The fourth-order valence-corrected chi connectivity index (χ4v) is 4.36. The van der Waals surface area contributed by atoms with E-state index < -0.39 is 5.97 Å². The van der Waals surface area contributed by atoms with E-state index in [0.29, 0.717) is 23.1 Å². The number of benzene rings is 3. The second kappa shape index (κ2) is 8.62. The molecule has 3 aromatic carbocycles. The molecule has 2 N–H and O–H groups in total. The predicted molar refractivity (Wildman–Crippen MR) is 119 cm³/mol. The first kappa shape index (κ1) is 20.0. The summed E-state index contributed by atoms with van der Waals surface area (Å²) in [5.74, 6) is -0.539. The number of hydrogen-bond acceptors (Lipinski definition) is 3. The fourth-order valence-electron chi connectivity index (χ4n) is 4.36. The molecule has 0 radical (unpaired) electrons. The number of carboxylic acids is 1. The number of ether oxygens (including phenoxy) is 1. The van der Waals surface area contributed by atoms with Gasteiger partial charge in [-0.3, -0.25) is 0 Å². The maximum absolute atomic E-state index is 11.9. The lowest BCUT2D eigenvalue weighted by atomic mass is 9.91. The summed E-state index contributed by atoms with van der Waals surface area (Å²) in [5, 5.41) is 22.3. The number of aromatic hydroxyl groups is 1. The molecule has 0 bridgehead atoms. The number of hydrogen-bond donors (Lipinski definition) is 2. The molecule has 1 fully saturated rings. The smallest absolute Gasteiger partial charge is 0.335 e. The van der Waals surface area contributed by atoms with Gasteiger partial charge in [0.15, 0.2) is 11.5 Å². The van der Waals surface area contributed by atoms with Gasteiger partial charge >= 0.3 is 5.97 Å². The van der Waals surface area contributed by atoms with Crippen LogP contribution in [0.1, 0.15) is 49.3 Å². The highest BCUT2D eigenvalue weighted by Gasteiger charge is 2.23. The Bertz CT molecular complexity index is 1090. The maximum Gasteiger partial charge on any atom is 0.335 e. The SMILES string of the molecule is C/C=C(\C(=O)O)c1cc(OC2CCCC2)c(O)c2c(Cc3ccccc3)cccc12. The van der Waals surface area contributed by atoms with Crippen molar-refractivity contribution in [2.75, 3.05) is 0 Å². The van der Waals surface area contributed by atoms with E-state index in [1.54, 1.807) is 19.1 Å². The highest BCUT2D eigenvalue weighted by molar-refractivity contribution is 6.20. The number of rotatable bonds is 6. The summed E-state index contributed by atoms with van der Waals surface area (Å²) in [4.78, 5) is 11.9. The number of carbonyl (C=O) groups is 1. The Hall–Kier alpha value is -3.27. The van der Waals surface area contributed by atoms with Gasteiger partial charge in [-0.1, -0.05) is 54.6 Å². The van der Waals surface area contributed by atoms with E-state index in [1.807, 2.05) is 48.5 Å². The van der Waals surface area contributed by atoms with Gasteiger partial charge in [-0.15, -0.1) is 0 Å². The van der Waals surface area contributed by atoms with Gasteiger partial charge in [0.05, 0.1) is 11.7 Å². The maximum atomic E-state index is 11.9. The molecule has 0 unspecified atom stereocenters. The molecule has 4 heteroatoms. The van der Waals surface area contributed by atoms with Crippen LogP contribution < -0.4 is 4.74 Å². The number of phenolic OH excluding ortho intramolecular Hbond substituents is 1. The molecule has 0 heterocycles. The van der Waals surface area contributed by atoms with Crippen molar-refractivity contribution in [2.24, 2.45) is 0 Å². The molecule has 3 aromatic rings.